The molecule has 0 atom stereocenters. The van der Waals surface area contributed by atoms with Crippen molar-refractivity contribution in [3.63, 3.8) is 0 Å². The van der Waals surface area contributed by atoms with Crippen molar-refractivity contribution in [1.82, 2.24) is 0 Å². The molecule has 0 aliphatic heterocycles. The quantitative estimate of drug-likeness (QED) is 0.834. The minimum absolute atomic E-state index is 0.0192. The number of benzene rings is 1. The van der Waals surface area contributed by atoms with Gasteiger partial charge in [0.1, 0.15) is 0 Å². The average molecular weight is 283 g/mol. The Morgan fingerprint density at radius 1 is 1.38 bits per heavy atom. The van der Waals surface area contributed by atoms with E-state index in [9.17, 15) is 8.42 Å². The summed E-state index contributed by atoms with van der Waals surface area (Å²) < 4.78 is 25.4. The van der Waals surface area contributed by atoms with E-state index >= 15 is 0 Å². The van der Waals surface area contributed by atoms with Crippen molar-refractivity contribution in [3.05, 3.63) is 22.2 Å². The van der Waals surface area contributed by atoms with Crippen LogP contribution in [-0.2, 0) is 10.0 Å². The largest absolute Gasteiger partial charge is 0.397 e. The monoisotopic (exact) mass is 282 g/mol. The van der Waals surface area contributed by atoms with Gasteiger partial charge in [0.15, 0.2) is 0 Å². The van der Waals surface area contributed by atoms with E-state index < -0.39 is 10.0 Å². The van der Waals surface area contributed by atoms with Crippen LogP contribution in [-0.4, -0.2) is 14.2 Å². The molecule has 1 aromatic rings. The Bertz CT molecular complexity index is 465. The first kappa shape index (κ1) is 13.4. The fourth-order valence-electron chi connectivity index (χ4n) is 1.18. The van der Waals surface area contributed by atoms with Crippen LogP contribution in [0.2, 0.25) is 10.0 Å². The summed E-state index contributed by atoms with van der Waals surface area (Å²) in [5.41, 5.74) is 6.02. The Kier molecular flexibility index (Phi) is 4.29. The highest BCUT2D eigenvalue weighted by molar-refractivity contribution is 7.92. The number of rotatable bonds is 4. The first-order chi connectivity index (χ1) is 7.35. The van der Waals surface area contributed by atoms with Crippen LogP contribution in [0.1, 0.15) is 13.3 Å². The molecular weight excluding hydrogens is 271 g/mol. The molecule has 0 radical (unpaired) electrons. The molecule has 0 saturated heterocycles. The molecule has 16 heavy (non-hydrogen) atoms. The summed E-state index contributed by atoms with van der Waals surface area (Å²) in [5.74, 6) is 0.0192. The van der Waals surface area contributed by atoms with Crippen LogP contribution < -0.4 is 10.5 Å². The third-order valence-corrected chi connectivity index (χ3v) is 3.79. The lowest BCUT2D eigenvalue weighted by atomic mass is 10.3. The van der Waals surface area contributed by atoms with Crippen molar-refractivity contribution in [2.45, 2.75) is 13.3 Å². The zero-order chi connectivity index (χ0) is 12.3. The molecule has 0 aliphatic rings. The van der Waals surface area contributed by atoms with Crippen molar-refractivity contribution in [2.75, 3.05) is 16.2 Å². The lowest BCUT2D eigenvalue weighted by molar-refractivity contribution is 0.600. The van der Waals surface area contributed by atoms with Gasteiger partial charge in [0.2, 0.25) is 10.0 Å². The number of sulfonamides is 1. The summed E-state index contributed by atoms with van der Waals surface area (Å²) in [4.78, 5) is 0. The lowest BCUT2D eigenvalue weighted by Gasteiger charge is -2.11. The number of nitrogens with two attached hydrogens (primary N) is 1. The van der Waals surface area contributed by atoms with Crippen LogP contribution in [0.3, 0.4) is 0 Å². The molecule has 3 N–H and O–H groups in total. The maximum absolute atomic E-state index is 11.5. The Balaban J connectivity index is 3.07. The molecular formula is C9H12Cl2N2O2S. The Morgan fingerprint density at radius 2 is 2.00 bits per heavy atom. The van der Waals surface area contributed by atoms with Crippen LogP contribution >= 0.6 is 23.2 Å². The molecule has 0 aromatic heterocycles. The third kappa shape index (κ3) is 3.43. The standard InChI is InChI=1S/C9H12Cl2N2O2S/c1-2-3-16(14,15)13-9-7(11)4-6(10)5-8(9)12/h4-5,13H,2-3,12H2,1H3. The van der Waals surface area contributed by atoms with Gasteiger partial charge in [0.25, 0.3) is 0 Å². The molecule has 0 spiro atoms. The van der Waals surface area contributed by atoms with Crippen molar-refractivity contribution >= 4 is 44.6 Å². The second-order valence-corrected chi connectivity index (χ2v) is 5.96. The zero-order valence-corrected chi connectivity index (χ0v) is 11.0. The van der Waals surface area contributed by atoms with Crippen LogP contribution in [0.15, 0.2) is 12.1 Å². The summed E-state index contributed by atoms with van der Waals surface area (Å²) >= 11 is 11.6. The van der Waals surface area contributed by atoms with Gasteiger partial charge in [-0.05, 0) is 18.6 Å². The van der Waals surface area contributed by atoms with Crippen LogP contribution in [0, 0.1) is 0 Å². The molecule has 1 rings (SSSR count). The zero-order valence-electron chi connectivity index (χ0n) is 8.63. The number of anilines is 2. The topological polar surface area (TPSA) is 72.2 Å². The van der Waals surface area contributed by atoms with Gasteiger partial charge >= 0.3 is 0 Å². The van der Waals surface area contributed by atoms with Gasteiger partial charge in [-0.3, -0.25) is 4.72 Å². The Labute approximate surface area is 105 Å². The van der Waals surface area contributed by atoms with E-state index in [0.29, 0.717) is 11.4 Å². The van der Waals surface area contributed by atoms with Crippen LogP contribution in [0.4, 0.5) is 11.4 Å². The van der Waals surface area contributed by atoms with E-state index in [0.717, 1.165) is 0 Å². The van der Waals surface area contributed by atoms with Gasteiger partial charge in [-0.1, -0.05) is 30.1 Å². The smallest absolute Gasteiger partial charge is 0.232 e. The second-order valence-electron chi connectivity index (χ2n) is 3.27. The highest BCUT2D eigenvalue weighted by Crippen LogP contribution is 2.32. The molecule has 0 saturated carbocycles. The van der Waals surface area contributed by atoms with E-state index in [1.165, 1.54) is 12.1 Å². The maximum atomic E-state index is 11.5. The van der Waals surface area contributed by atoms with E-state index in [1.807, 2.05) is 0 Å². The number of halogens is 2. The van der Waals surface area contributed by atoms with Crippen LogP contribution in [0.25, 0.3) is 0 Å². The molecule has 0 bridgehead atoms. The van der Waals surface area contributed by atoms with E-state index in [1.54, 1.807) is 6.92 Å². The molecule has 0 heterocycles. The molecule has 7 heteroatoms. The minimum atomic E-state index is -3.40. The molecule has 90 valence electrons. The normalized spacial score (nSPS) is 11.4. The summed E-state index contributed by atoms with van der Waals surface area (Å²) in [6, 6.07) is 2.88. The lowest BCUT2D eigenvalue weighted by Crippen LogP contribution is -2.17. The fraction of sp³-hybridized carbons (Fsp3) is 0.333. The number of nitrogens with one attached hydrogen (secondary N) is 1. The van der Waals surface area contributed by atoms with Crippen molar-refractivity contribution in [2.24, 2.45) is 0 Å². The Morgan fingerprint density at radius 3 is 2.50 bits per heavy atom. The summed E-state index contributed by atoms with van der Waals surface area (Å²) in [7, 11) is -3.40. The van der Waals surface area contributed by atoms with Gasteiger partial charge in [-0.25, -0.2) is 8.42 Å². The minimum Gasteiger partial charge on any atom is -0.397 e. The molecule has 0 unspecified atom stereocenters. The summed E-state index contributed by atoms with van der Waals surface area (Å²) in [6.45, 7) is 1.77. The van der Waals surface area contributed by atoms with Gasteiger partial charge in [0.05, 0.1) is 22.2 Å². The second kappa shape index (κ2) is 5.12. The molecule has 0 fully saturated rings. The summed E-state index contributed by atoms with van der Waals surface area (Å²) in [6.07, 6.45) is 0.514. The highest BCUT2D eigenvalue weighted by Gasteiger charge is 2.14. The SMILES string of the molecule is CCCS(=O)(=O)Nc1c(N)cc(Cl)cc1Cl. The predicted octanol–water partition coefficient (Wildman–Crippen LogP) is 2.73. The van der Waals surface area contributed by atoms with Crippen molar-refractivity contribution in [1.29, 1.82) is 0 Å². The molecule has 4 nitrogen and oxygen atoms in total. The molecule has 0 amide bonds. The number of hydrogen-bond donors (Lipinski definition) is 2. The number of nitrogen functional groups attached to an aromatic ring is 1. The van der Waals surface area contributed by atoms with Gasteiger partial charge in [-0.15, -0.1) is 0 Å². The summed E-state index contributed by atoms with van der Waals surface area (Å²) in [5, 5.41) is 0.547. The fourth-order valence-corrected chi connectivity index (χ4v) is 2.97. The van der Waals surface area contributed by atoms with Gasteiger partial charge in [-0.2, -0.15) is 0 Å². The third-order valence-electron chi connectivity index (χ3n) is 1.82. The molecule has 1 aromatic carbocycles. The first-order valence-corrected chi connectivity index (χ1v) is 7.01. The number of hydrogen-bond acceptors (Lipinski definition) is 3. The van der Waals surface area contributed by atoms with Crippen molar-refractivity contribution < 1.29 is 8.42 Å². The first-order valence-electron chi connectivity index (χ1n) is 4.60. The molecule has 0 aliphatic carbocycles. The predicted molar refractivity (Wildman–Crippen MR) is 68.6 cm³/mol. The van der Waals surface area contributed by atoms with Crippen LogP contribution in [0.5, 0.6) is 0 Å². The highest BCUT2D eigenvalue weighted by atomic mass is 35.5. The van der Waals surface area contributed by atoms with Gasteiger partial charge < -0.3 is 5.73 Å². The van der Waals surface area contributed by atoms with E-state index in [4.69, 9.17) is 28.9 Å². The Hall–Kier alpha value is -0.650. The average Bonchev–Trinajstić information content (AvgIpc) is 2.11. The maximum Gasteiger partial charge on any atom is 0.232 e. The van der Waals surface area contributed by atoms with Crippen molar-refractivity contribution in [3.8, 4) is 0 Å². The van der Waals surface area contributed by atoms with E-state index in [2.05, 4.69) is 4.72 Å². The van der Waals surface area contributed by atoms with E-state index in [-0.39, 0.29) is 22.2 Å². The van der Waals surface area contributed by atoms with Gasteiger partial charge in [0, 0.05) is 5.02 Å².